The van der Waals surface area contributed by atoms with Gasteiger partial charge in [0.15, 0.2) is 0 Å². The van der Waals surface area contributed by atoms with Crippen LogP contribution in [0.4, 0.5) is 5.69 Å². The van der Waals surface area contributed by atoms with Crippen molar-refractivity contribution in [1.82, 2.24) is 5.32 Å². The Labute approximate surface area is 111 Å². The zero-order valence-electron chi connectivity index (χ0n) is 10.3. The topological polar surface area (TPSA) is 64.3 Å². The molecule has 2 unspecified atom stereocenters. The van der Waals surface area contributed by atoms with Crippen LogP contribution in [-0.4, -0.2) is 25.2 Å². The van der Waals surface area contributed by atoms with Gasteiger partial charge in [0.05, 0.1) is 22.7 Å². The minimum Gasteiger partial charge on any atom is -0.399 e. The van der Waals surface area contributed by atoms with Gasteiger partial charge in [0, 0.05) is 12.8 Å². The summed E-state index contributed by atoms with van der Waals surface area (Å²) in [5, 5.41) is 3.34. The molecule has 0 aromatic heterocycles. The second-order valence-corrected chi connectivity index (χ2v) is 4.93. The largest absolute Gasteiger partial charge is 0.399 e. The number of hydrogen-bond acceptors (Lipinski definition) is 3. The van der Waals surface area contributed by atoms with Gasteiger partial charge in [-0.05, 0) is 37.5 Å². The quantitative estimate of drug-likeness (QED) is 0.826. The van der Waals surface area contributed by atoms with E-state index in [0.29, 0.717) is 16.3 Å². The molecule has 0 aliphatic heterocycles. The number of methoxy groups -OCH3 is 1. The molecule has 1 aromatic carbocycles. The third kappa shape index (κ3) is 2.76. The van der Waals surface area contributed by atoms with Gasteiger partial charge in [-0.3, -0.25) is 4.79 Å². The summed E-state index contributed by atoms with van der Waals surface area (Å²) in [4.78, 5) is 12.1. The Balaban J connectivity index is 2.07. The van der Waals surface area contributed by atoms with Gasteiger partial charge in [0.1, 0.15) is 0 Å². The molecule has 4 nitrogen and oxygen atoms in total. The number of ether oxygens (including phenoxy) is 1. The Kier molecular flexibility index (Phi) is 4.09. The van der Waals surface area contributed by atoms with Gasteiger partial charge >= 0.3 is 0 Å². The lowest BCUT2D eigenvalue weighted by Gasteiger charge is -2.19. The maximum atomic E-state index is 12.1. The minimum atomic E-state index is -0.172. The summed E-state index contributed by atoms with van der Waals surface area (Å²) in [5.74, 6) is -0.172. The van der Waals surface area contributed by atoms with E-state index >= 15 is 0 Å². The number of hydrogen-bond donors (Lipinski definition) is 2. The first-order valence-electron chi connectivity index (χ1n) is 6.00. The molecule has 0 spiro atoms. The monoisotopic (exact) mass is 268 g/mol. The second-order valence-electron chi connectivity index (χ2n) is 4.52. The van der Waals surface area contributed by atoms with E-state index in [1.165, 1.54) is 0 Å². The molecule has 0 saturated heterocycles. The number of benzene rings is 1. The molecule has 1 amide bonds. The molecule has 1 saturated carbocycles. The van der Waals surface area contributed by atoms with Crippen LogP contribution in [-0.2, 0) is 4.74 Å². The highest BCUT2D eigenvalue weighted by molar-refractivity contribution is 6.34. The van der Waals surface area contributed by atoms with Crippen LogP contribution in [0, 0.1) is 0 Å². The molecule has 1 aromatic rings. The lowest BCUT2D eigenvalue weighted by Crippen LogP contribution is -2.40. The van der Waals surface area contributed by atoms with Crippen molar-refractivity contribution < 1.29 is 9.53 Å². The molecule has 1 fully saturated rings. The van der Waals surface area contributed by atoms with E-state index < -0.39 is 0 Å². The van der Waals surface area contributed by atoms with Crippen LogP contribution in [0.3, 0.4) is 0 Å². The molecular weight excluding hydrogens is 252 g/mol. The molecule has 1 aliphatic rings. The third-order valence-corrected chi connectivity index (χ3v) is 3.62. The van der Waals surface area contributed by atoms with E-state index in [-0.39, 0.29) is 18.1 Å². The van der Waals surface area contributed by atoms with Gasteiger partial charge in [0.25, 0.3) is 5.91 Å². The molecule has 0 radical (unpaired) electrons. The minimum absolute atomic E-state index is 0.0659. The van der Waals surface area contributed by atoms with E-state index in [9.17, 15) is 4.79 Å². The Morgan fingerprint density at radius 2 is 2.28 bits per heavy atom. The Morgan fingerprint density at radius 3 is 2.94 bits per heavy atom. The van der Waals surface area contributed by atoms with Crippen LogP contribution in [0.2, 0.25) is 5.02 Å². The van der Waals surface area contributed by atoms with Crippen molar-refractivity contribution in [2.45, 2.75) is 31.4 Å². The number of rotatable bonds is 3. The number of carbonyl (C=O) groups excluding carboxylic acids is 1. The Bertz CT molecular complexity index is 451. The number of halogens is 1. The highest BCUT2D eigenvalue weighted by atomic mass is 35.5. The molecular formula is C13H17ClN2O2. The molecule has 98 valence electrons. The summed E-state index contributed by atoms with van der Waals surface area (Å²) in [5.41, 5.74) is 6.60. The van der Waals surface area contributed by atoms with E-state index in [1.807, 2.05) is 0 Å². The fourth-order valence-electron chi connectivity index (χ4n) is 2.33. The molecule has 0 heterocycles. The first kappa shape index (κ1) is 13.2. The zero-order chi connectivity index (χ0) is 13.1. The van der Waals surface area contributed by atoms with Crippen LogP contribution >= 0.6 is 11.6 Å². The maximum absolute atomic E-state index is 12.1. The number of nitrogens with two attached hydrogens (primary N) is 1. The lowest BCUT2D eigenvalue weighted by atomic mass is 10.1. The summed E-state index contributed by atoms with van der Waals surface area (Å²) in [6.45, 7) is 0. The maximum Gasteiger partial charge on any atom is 0.253 e. The van der Waals surface area contributed by atoms with Crippen molar-refractivity contribution in [1.29, 1.82) is 0 Å². The van der Waals surface area contributed by atoms with Gasteiger partial charge in [-0.2, -0.15) is 0 Å². The normalized spacial score (nSPS) is 23.0. The highest BCUT2D eigenvalue weighted by Crippen LogP contribution is 2.23. The fraction of sp³-hybridized carbons (Fsp3) is 0.462. The predicted molar refractivity (Wildman–Crippen MR) is 71.8 cm³/mol. The number of nitrogen functional groups attached to an aromatic ring is 1. The van der Waals surface area contributed by atoms with Gasteiger partial charge in [-0.15, -0.1) is 0 Å². The van der Waals surface area contributed by atoms with Crippen molar-refractivity contribution in [3.8, 4) is 0 Å². The van der Waals surface area contributed by atoms with Crippen molar-refractivity contribution in [3.05, 3.63) is 28.8 Å². The molecule has 0 bridgehead atoms. The first-order valence-corrected chi connectivity index (χ1v) is 6.38. The van der Waals surface area contributed by atoms with Crippen molar-refractivity contribution in [3.63, 3.8) is 0 Å². The SMILES string of the molecule is COC1CCCC1NC(=O)c1ccc(N)cc1Cl. The Hall–Kier alpha value is -1.26. The van der Waals surface area contributed by atoms with E-state index in [1.54, 1.807) is 25.3 Å². The standard InChI is InChI=1S/C13H17ClN2O2/c1-18-12-4-2-3-11(12)16-13(17)9-6-5-8(15)7-10(9)14/h5-7,11-12H,2-4,15H2,1H3,(H,16,17). The first-order chi connectivity index (χ1) is 8.61. The average Bonchev–Trinajstić information content (AvgIpc) is 2.76. The average molecular weight is 269 g/mol. The lowest BCUT2D eigenvalue weighted by molar-refractivity contribution is 0.0722. The molecule has 5 heteroatoms. The van der Waals surface area contributed by atoms with Gasteiger partial charge in [-0.1, -0.05) is 11.6 Å². The number of anilines is 1. The molecule has 2 atom stereocenters. The summed E-state index contributed by atoms with van der Waals surface area (Å²) >= 11 is 6.01. The molecule has 2 rings (SSSR count). The molecule has 18 heavy (non-hydrogen) atoms. The fourth-order valence-corrected chi connectivity index (χ4v) is 2.61. The highest BCUT2D eigenvalue weighted by Gasteiger charge is 2.28. The summed E-state index contributed by atoms with van der Waals surface area (Å²) in [6, 6.07) is 4.96. The van der Waals surface area contributed by atoms with Gasteiger partial charge in [0.2, 0.25) is 0 Å². The van der Waals surface area contributed by atoms with Gasteiger partial charge < -0.3 is 15.8 Å². The third-order valence-electron chi connectivity index (χ3n) is 3.31. The number of amides is 1. The van der Waals surface area contributed by atoms with Crippen LogP contribution in [0.5, 0.6) is 0 Å². The number of carbonyl (C=O) groups is 1. The van der Waals surface area contributed by atoms with Crippen LogP contribution in [0.15, 0.2) is 18.2 Å². The van der Waals surface area contributed by atoms with Crippen molar-refractivity contribution in [2.24, 2.45) is 0 Å². The van der Waals surface area contributed by atoms with Gasteiger partial charge in [-0.25, -0.2) is 0 Å². The van der Waals surface area contributed by atoms with Crippen LogP contribution < -0.4 is 11.1 Å². The van der Waals surface area contributed by atoms with E-state index in [4.69, 9.17) is 22.1 Å². The van der Waals surface area contributed by atoms with Crippen molar-refractivity contribution in [2.75, 3.05) is 12.8 Å². The van der Waals surface area contributed by atoms with Crippen molar-refractivity contribution >= 4 is 23.2 Å². The summed E-state index contributed by atoms with van der Waals surface area (Å²) < 4.78 is 5.34. The van der Waals surface area contributed by atoms with E-state index in [2.05, 4.69) is 5.32 Å². The van der Waals surface area contributed by atoms with E-state index in [0.717, 1.165) is 19.3 Å². The summed E-state index contributed by atoms with van der Waals surface area (Å²) in [7, 11) is 1.67. The zero-order valence-corrected chi connectivity index (χ0v) is 11.0. The Morgan fingerprint density at radius 1 is 1.50 bits per heavy atom. The van der Waals surface area contributed by atoms with Crippen LogP contribution in [0.25, 0.3) is 0 Å². The smallest absolute Gasteiger partial charge is 0.253 e. The molecule has 1 aliphatic carbocycles. The predicted octanol–water partition coefficient (Wildman–Crippen LogP) is 2.22. The summed E-state index contributed by atoms with van der Waals surface area (Å²) in [6.07, 6.45) is 3.09. The number of nitrogens with one attached hydrogen (secondary N) is 1. The van der Waals surface area contributed by atoms with Crippen LogP contribution in [0.1, 0.15) is 29.6 Å². The molecule has 3 N–H and O–H groups in total. The second kappa shape index (κ2) is 5.59.